The van der Waals surface area contributed by atoms with Crippen molar-refractivity contribution >= 4 is 17.6 Å². The van der Waals surface area contributed by atoms with Crippen LogP contribution in [-0.4, -0.2) is 34.5 Å². The van der Waals surface area contributed by atoms with Crippen molar-refractivity contribution < 1.29 is 14.7 Å². The number of nitrogens with one attached hydrogen (secondary N) is 1. The van der Waals surface area contributed by atoms with Gasteiger partial charge in [0.2, 0.25) is 5.91 Å². The molecule has 0 saturated carbocycles. The fourth-order valence-corrected chi connectivity index (χ4v) is 3.12. The molecule has 5 nitrogen and oxygen atoms in total. The summed E-state index contributed by atoms with van der Waals surface area (Å²) in [6.07, 6.45) is 6.48. The van der Waals surface area contributed by atoms with Crippen molar-refractivity contribution in [1.82, 2.24) is 4.90 Å². The van der Waals surface area contributed by atoms with E-state index in [9.17, 15) is 14.7 Å². The van der Waals surface area contributed by atoms with E-state index in [0.717, 1.165) is 30.6 Å². The highest BCUT2D eigenvalue weighted by molar-refractivity contribution is 5.90. The Morgan fingerprint density at radius 1 is 1.25 bits per heavy atom. The topological polar surface area (TPSA) is 69.6 Å². The Kier molecular flexibility index (Phi) is 6.64. The fraction of sp³-hybridized carbons (Fsp3) is 0.579. The van der Waals surface area contributed by atoms with E-state index >= 15 is 0 Å². The summed E-state index contributed by atoms with van der Waals surface area (Å²) in [7, 11) is 0. The molecule has 2 N–H and O–H groups in total. The van der Waals surface area contributed by atoms with Crippen LogP contribution in [0.5, 0.6) is 0 Å². The summed E-state index contributed by atoms with van der Waals surface area (Å²) < 4.78 is 0. The van der Waals surface area contributed by atoms with Gasteiger partial charge in [-0.05, 0) is 36.6 Å². The number of carbonyl (C=O) groups is 2. The normalized spacial score (nSPS) is 17.2. The van der Waals surface area contributed by atoms with Crippen molar-refractivity contribution in [2.75, 3.05) is 11.9 Å². The molecule has 5 heteroatoms. The average molecular weight is 332 g/mol. The van der Waals surface area contributed by atoms with Gasteiger partial charge in [-0.15, -0.1) is 0 Å². The number of carboxylic acid groups (broad SMARTS) is 1. The number of aromatic carboxylic acids is 1. The second-order valence-corrected chi connectivity index (χ2v) is 6.46. The molecule has 0 spiro atoms. The summed E-state index contributed by atoms with van der Waals surface area (Å²) in [5.41, 5.74) is 2.02. The molecule has 1 aliphatic rings. The van der Waals surface area contributed by atoms with Gasteiger partial charge < -0.3 is 15.3 Å². The molecular formula is C19H28N2O3. The zero-order valence-corrected chi connectivity index (χ0v) is 14.7. The minimum atomic E-state index is -0.938. The molecule has 132 valence electrons. The first-order valence-electron chi connectivity index (χ1n) is 8.98. The third kappa shape index (κ3) is 4.49. The Bertz CT molecular complexity index is 586. The second kappa shape index (κ2) is 8.71. The molecule has 1 amide bonds. The van der Waals surface area contributed by atoms with Crippen molar-refractivity contribution in [3.05, 3.63) is 29.3 Å². The Balaban J connectivity index is 2.13. The lowest BCUT2D eigenvalue weighted by Gasteiger charge is -2.24. The van der Waals surface area contributed by atoms with Crippen LogP contribution >= 0.6 is 0 Å². The highest BCUT2D eigenvalue weighted by Gasteiger charge is 2.28. The van der Waals surface area contributed by atoms with Crippen molar-refractivity contribution in [3.63, 3.8) is 0 Å². The van der Waals surface area contributed by atoms with Crippen molar-refractivity contribution in [2.24, 2.45) is 0 Å². The third-order valence-electron chi connectivity index (χ3n) is 4.59. The summed E-state index contributed by atoms with van der Waals surface area (Å²) in [4.78, 5) is 25.8. The predicted molar refractivity (Wildman–Crippen MR) is 95.3 cm³/mol. The molecule has 0 aliphatic carbocycles. The van der Waals surface area contributed by atoms with Crippen LogP contribution in [-0.2, 0) is 11.3 Å². The van der Waals surface area contributed by atoms with Crippen molar-refractivity contribution in [3.8, 4) is 0 Å². The number of unbranched alkanes of at least 4 members (excludes halogenated alkanes) is 4. The molecule has 0 radical (unpaired) electrons. The molecule has 0 aromatic heterocycles. The number of carboxylic acids is 1. The van der Waals surface area contributed by atoms with Crippen LogP contribution in [0.1, 0.15) is 68.3 Å². The number of nitrogens with zero attached hydrogens (tertiary/aromatic N) is 1. The molecule has 0 fully saturated rings. The van der Waals surface area contributed by atoms with Gasteiger partial charge in [0.25, 0.3) is 0 Å². The Labute approximate surface area is 144 Å². The highest BCUT2D eigenvalue weighted by Crippen LogP contribution is 2.25. The van der Waals surface area contributed by atoms with E-state index < -0.39 is 5.97 Å². The van der Waals surface area contributed by atoms with Crippen LogP contribution in [0.4, 0.5) is 5.69 Å². The van der Waals surface area contributed by atoms with Gasteiger partial charge in [0.15, 0.2) is 0 Å². The number of amides is 1. The molecule has 1 heterocycles. The lowest BCUT2D eigenvalue weighted by Crippen LogP contribution is -2.40. The zero-order chi connectivity index (χ0) is 17.5. The largest absolute Gasteiger partial charge is 0.478 e. The highest BCUT2D eigenvalue weighted by atomic mass is 16.4. The number of fused-ring (bicyclic) bond motifs is 1. The summed E-state index contributed by atoms with van der Waals surface area (Å²) in [5.74, 6) is -0.826. The van der Waals surface area contributed by atoms with E-state index in [1.54, 1.807) is 18.2 Å². The first-order valence-corrected chi connectivity index (χ1v) is 8.98. The number of benzene rings is 1. The van der Waals surface area contributed by atoms with Crippen LogP contribution < -0.4 is 5.32 Å². The van der Waals surface area contributed by atoms with Crippen LogP contribution in [0.3, 0.4) is 0 Å². The van der Waals surface area contributed by atoms with Gasteiger partial charge in [0.05, 0.1) is 5.56 Å². The van der Waals surface area contributed by atoms with Gasteiger partial charge in [-0.1, -0.05) is 39.5 Å². The van der Waals surface area contributed by atoms with E-state index in [0.29, 0.717) is 13.0 Å². The van der Waals surface area contributed by atoms with Gasteiger partial charge in [0.1, 0.15) is 6.04 Å². The van der Waals surface area contributed by atoms with E-state index in [2.05, 4.69) is 12.2 Å². The molecule has 1 aromatic rings. The van der Waals surface area contributed by atoms with E-state index in [4.69, 9.17) is 0 Å². The molecule has 1 atom stereocenters. The second-order valence-electron chi connectivity index (χ2n) is 6.46. The first-order chi connectivity index (χ1) is 11.6. The van der Waals surface area contributed by atoms with Crippen LogP contribution in [0, 0.1) is 0 Å². The molecular weight excluding hydrogens is 304 g/mol. The molecule has 0 unspecified atom stereocenters. The van der Waals surface area contributed by atoms with E-state index in [1.807, 2.05) is 11.8 Å². The van der Waals surface area contributed by atoms with E-state index in [-0.39, 0.29) is 17.5 Å². The quantitative estimate of drug-likeness (QED) is 0.709. The molecule has 0 saturated heterocycles. The third-order valence-corrected chi connectivity index (χ3v) is 4.59. The van der Waals surface area contributed by atoms with Gasteiger partial charge in [-0.3, -0.25) is 4.79 Å². The maximum atomic E-state index is 12.7. The molecule has 1 aromatic carbocycles. The Morgan fingerprint density at radius 3 is 2.67 bits per heavy atom. The number of rotatable bonds is 8. The van der Waals surface area contributed by atoms with Crippen LogP contribution in [0.2, 0.25) is 0 Å². The Hall–Kier alpha value is -2.04. The Morgan fingerprint density at radius 2 is 2.00 bits per heavy atom. The SMILES string of the molecule is CCCCCCCN1Cc2cc(C(=O)O)ccc2N[C@@H](CC)C1=O. The molecule has 0 bridgehead atoms. The van der Waals surface area contributed by atoms with Gasteiger partial charge in [0, 0.05) is 18.8 Å². The van der Waals surface area contributed by atoms with Crippen molar-refractivity contribution in [2.45, 2.75) is 65.0 Å². The minimum Gasteiger partial charge on any atom is -0.478 e. The average Bonchev–Trinajstić information content (AvgIpc) is 2.71. The first kappa shape index (κ1) is 18.3. The zero-order valence-electron chi connectivity index (χ0n) is 14.7. The maximum absolute atomic E-state index is 12.7. The summed E-state index contributed by atoms with van der Waals surface area (Å²) in [6, 6.07) is 4.81. The molecule has 2 rings (SSSR count). The molecule has 1 aliphatic heterocycles. The van der Waals surface area contributed by atoms with Crippen LogP contribution in [0.15, 0.2) is 18.2 Å². The maximum Gasteiger partial charge on any atom is 0.335 e. The number of anilines is 1. The fourth-order valence-electron chi connectivity index (χ4n) is 3.12. The van der Waals surface area contributed by atoms with Crippen LogP contribution in [0.25, 0.3) is 0 Å². The van der Waals surface area contributed by atoms with Crippen molar-refractivity contribution in [1.29, 1.82) is 0 Å². The van der Waals surface area contributed by atoms with Gasteiger partial charge >= 0.3 is 5.97 Å². The van der Waals surface area contributed by atoms with E-state index in [1.165, 1.54) is 19.3 Å². The lowest BCUT2D eigenvalue weighted by atomic mass is 10.1. The predicted octanol–water partition coefficient (Wildman–Crippen LogP) is 3.89. The summed E-state index contributed by atoms with van der Waals surface area (Å²) in [5, 5.41) is 12.5. The number of hydrogen-bond acceptors (Lipinski definition) is 3. The molecule has 24 heavy (non-hydrogen) atoms. The van der Waals surface area contributed by atoms with Gasteiger partial charge in [-0.2, -0.15) is 0 Å². The van der Waals surface area contributed by atoms with Gasteiger partial charge in [-0.25, -0.2) is 4.79 Å². The summed E-state index contributed by atoms with van der Waals surface area (Å²) in [6.45, 7) is 5.39. The standard InChI is InChI=1S/C19H28N2O3/c1-3-5-6-7-8-11-21-13-15-12-14(19(23)24)9-10-17(15)20-16(4-2)18(21)22/h9-10,12,16,20H,3-8,11,13H2,1-2H3,(H,23,24)/t16-/m0/s1. The number of hydrogen-bond donors (Lipinski definition) is 2. The monoisotopic (exact) mass is 332 g/mol. The summed E-state index contributed by atoms with van der Waals surface area (Å²) >= 11 is 0. The smallest absolute Gasteiger partial charge is 0.335 e. The lowest BCUT2D eigenvalue weighted by molar-refractivity contribution is -0.132. The number of carbonyl (C=O) groups excluding carboxylic acids is 1. The minimum absolute atomic E-state index is 0.112.